The van der Waals surface area contributed by atoms with Crippen molar-refractivity contribution in [2.24, 2.45) is 7.05 Å². The van der Waals surface area contributed by atoms with Gasteiger partial charge in [-0.25, -0.2) is 9.78 Å². The quantitative estimate of drug-likeness (QED) is 0.655. The van der Waals surface area contributed by atoms with Crippen LogP contribution in [0.1, 0.15) is 21.7 Å². The summed E-state index contributed by atoms with van der Waals surface area (Å²) in [5.41, 5.74) is 8.35. The molecule has 0 unspecified atom stereocenters. The molecule has 0 saturated carbocycles. The second kappa shape index (κ2) is 5.64. The highest BCUT2D eigenvalue weighted by Crippen LogP contribution is 2.23. The first kappa shape index (κ1) is 13.9. The average Bonchev–Trinajstić information content (AvgIpc) is 2.84. The number of hydrogen-bond donors (Lipinski definition) is 2. The number of carbonyl (C=O) groups is 1. The van der Waals surface area contributed by atoms with Crippen LogP contribution in [0.2, 0.25) is 0 Å². The fraction of sp³-hybridized carbons (Fsp3) is 0.286. The lowest BCUT2D eigenvalue weighted by molar-refractivity contribution is 0.0602. The molecule has 0 aliphatic carbocycles. The first-order valence-electron chi connectivity index (χ1n) is 6.21. The van der Waals surface area contributed by atoms with Gasteiger partial charge in [0.25, 0.3) is 0 Å². The van der Waals surface area contributed by atoms with Crippen molar-refractivity contribution in [1.29, 1.82) is 0 Å². The predicted octanol–water partition coefficient (Wildman–Crippen LogP) is 1.71. The number of nitrogen functional groups attached to an aromatic ring is 1. The van der Waals surface area contributed by atoms with Gasteiger partial charge in [-0.1, -0.05) is 0 Å². The van der Waals surface area contributed by atoms with Crippen LogP contribution < -0.4 is 11.1 Å². The van der Waals surface area contributed by atoms with Crippen LogP contribution in [0.4, 0.5) is 11.4 Å². The second-order valence-corrected chi connectivity index (χ2v) is 4.55. The van der Waals surface area contributed by atoms with Crippen molar-refractivity contribution >= 4 is 17.3 Å². The zero-order valence-corrected chi connectivity index (χ0v) is 11.8. The van der Waals surface area contributed by atoms with E-state index in [1.165, 1.54) is 7.11 Å². The van der Waals surface area contributed by atoms with Crippen molar-refractivity contribution in [3.8, 4) is 0 Å². The van der Waals surface area contributed by atoms with Crippen molar-refractivity contribution in [1.82, 2.24) is 9.55 Å². The summed E-state index contributed by atoms with van der Waals surface area (Å²) in [5, 5.41) is 3.23. The number of nitrogens with two attached hydrogens (primary N) is 1. The number of esters is 1. The first-order valence-corrected chi connectivity index (χ1v) is 6.21. The van der Waals surface area contributed by atoms with Crippen LogP contribution in [0.5, 0.6) is 0 Å². The van der Waals surface area contributed by atoms with Crippen LogP contribution in [0.3, 0.4) is 0 Å². The van der Waals surface area contributed by atoms with Crippen molar-refractivity contribution in [2.45, 2.75) is 13.5 Å². The molecule has 0 amide bonds. The number of rotatable bonds is 4. The molecule has 2 aromatic rings. The summed E-state index contributed by atoms with van der Waals surface area (Å²) >= 11 is 0. The summed E-state index contributed by atoms with van der Waals surface area (Å²) in [6.07, 6.45) is 3.62. The van der Waals surface area contributed by atoms with Crippen LogP contribution in [-0.2, 0) is 18.3 Å². The monoisotopic (exact) mass is 274 g/mol. The summed E-state index contributed by atoms with van der Waals surface area (Å²) in [6, 6.07) is 3.59. The Morgan fingerprint density at radius 3 is 2.85 bits per heavy atom. The lowest BCUT2D eigenvalue weighted by Gasteiger charge is -2.12. The van der Waals surface area contributed by atoms with Crippen molar-refractivity contribution in [3.63, 3.8) is 0 Å². The SMILES string of the molecule is COC(=O)c1cc(NCc2nccn2C)cc(C)c1N. The molecule has 106 valence electrons. The number of aryl methyl sites for hydroxylation is 2. The van der Waals surface area contributed by atoms with E-state index in [0.29, 0.717) is 17.8 Å². The largest absolute Gasteiger partial charge is 0.465 e. The Hall–Kier alpha value is -2.50. The zero-order chi connectivity index (χ0) is 14.7. The van der Waals surface area contributed by atoms with E-state index in [-0.39, 0.29) is 0 Å². The Bertz CT molecular complexity index is 634. The molecule has 0 radical (unpaired) electrons. The van der Waals surface area contributed by atoms with Gasteiger partial charge in [0.1, 0.15) is 5.82 Å². The standard InChI is InChI=1S/C14H18N4O2/c1-9-6-10(7-11(13(9)15)14(19)20-3)17-8-12-16-4-5-18(12)2/h4-7,17H,8,15H2,1-3H3. The molecule has 1 heterocycles. The molecule has 0 fully saturated rings. The minimum absolute atomic E-state index is 0.370. The van der Waals surface area contributed by atoms with E-state index < -0.39 is 5.97 Å². The average molecular weight is 274 g/mol. The van der Waals surface area contributed by atoms with E-state index in [2.05, 4.69) is 10.3 Å². The molecular formula is C14H18N4O2. The normalized spacial score (nSPS) is 10.3. The Kier molecular flexibility index (Phi) is 3.93. The fourth-order valence-corrected chi connectivity index (χ4v) is 1.93. The van der Waals surface area contributed by atoms with E-state index in [9.17, 15) is 4.79 Å². The molecule has 1 aromatic heterocycles. The molecule has 6 heteroatoms. The van der Waals surface area contributed by atoms with Gasteiger partial charge in [-0.2, -0.15) is 0 Å². The van der Waals surface area contributed by atoms with Crippen molar-refractivity contribution in [2.75, 3.05) is 18.2 Å². The van der Waals surface area contributed by atoms with E-state index in [0.717, 1.165) is 17.1 Å². The minimum atomic E-state index is -0.439. The maximum absolute atomic E-state index is 11.7. The maximum Gasteiger partial charge on any atom is 0.340 e. The van der Waals surface area contributed by atoms with Gasteiger partial charge in [0, 0.05) is 30.8 Å². The Morgan fingerprint density at radius 2 is 2.25 bits per heavy atom. The van der Waals surface area contributed by atoms with E-state index in [1.54, 1.807) is 12.3 Å². The third kappa shape index (κ3) is 2.74. The number of ether oxygens (including phenoxy) is 1. The smallest absolute Gasteiger partial charge is 0.340 e. The molecule has 20 heavy (non-hydrogen) atoms. The van der Waals surface area contributed by atoms with Crippen LogP contribution in [0, 0.1) is 6.92 Å². The molecule has 1 aromatic carbocycles. The fourth-order valence-electron chi connectivity index (χ4n) is 1.93. The number of aromatic nitrogens is 2. The molecular weight excluding hydrogens is 256 g/mol. The zero-order valence-electron chi connectivity index (χ0n) is 11.8. The molecule has 0 atom stereocenters. The van der Waals surface area contributed by atoms with Crippen molar-refractivity contribution in [3.05, 3.63) is 41.5 Å². The summed E-state index contributed by atoms with van der Waals surface area (Å²) in [7, 11) is 3.27. The second-order valence-electron chi connectivity index (χ2n) is 4.55. The molecule has 0 saturated heterocycles. The predicted molar refractivity (Wildman–Crippen MR) is 77.5 cm³/mol. The van der Waals surface area contributed by atoms with Gasteiger partial charge < -0.3 is 20.4 Å². The number of benzene rings is 1. The summed E-state index contributed by atoms with van der Waals surface area (Å²) in [4.78, 5) is 15.9. The number of hydrogen-bond acceptors (Lipinski definition) is 5. The molecule has 3 N–H and O–H groups in total. The van der Waals surface area contributed by atoms with Crippen LogP contribution in [0.25, 0.3) is 0 Å². The summed E-state index contributed by atoms with van der Waals surface area (Å²) in [5.74, 6) is 0.463. The highest BCUT2D eigenvalue weighted by atomic mass is 16.5. The number of nitrogens with zero attached hydrogens (tertiary/aromatic N) is 2. The highest BCUT2D eigenvalue weighted by Gasteiger charge is 2.13. The van der Waals surface area contributed by atoms with E-state index in [4.69, 9.17) is 10.5 Å². The number of methoxy groups -OCH3 is 1. The molecule has 0 spiro atoms. The topological polar surface area (TPSA) is 82.2 Å². The van der Waals surface area contributed by atoms with Gasteiger partial charge in [0.05, 0.1) is 19.2 Å². The minimum Gasteiger partial charge on any atom is -0.465 e. The van der Waals surface area contributed by atoms with Gasteiger partial charge in [-0.15, -0.1) is 0 Å². The highest BCUT2D eigenvalue weighted by molar-refractivity contribution is 5.97. The van der Waals surface area contributed by atoms with Gasteiger partial charge in [-0.3, -0.25) is 0 Å². The third-order valence-electron chi connectivity index (χ3n) is 3.16. The van der Waals surface area contributed by atoms with Gasteiger partial charge in [0.2, 0.25) is 0 Å². The number of imidazole rings is 1. The van der Waals surface area contributed by atoms with Gasteiger partial charge in [0.15, 0.2) is 0 Å². The number of anilines is 2. The Labute approximate surface area is 117 Å². The Morgan fingerprint density at radius 1 is 1.50 bits per heavy atom. The number of carbonyl (C=O) groups excluding carboxylic acids is 1. The number of nitrogens with one attached hydrogen (secondary N) is 1. The summed E-state index contributed by atoms with van der Waals surface area (Å²) in [6.45, 7) is 2.42. The molecule has 0 aliphatic rings. The lowest BCUT2D eigenvalue weighted by atomic mass is 10.1. The van der Waals surface area contributed by atoms with E-state index in [1.807, 2.05) is 30.8 Å². The summed E-state index contributed by atoms with van der Waals surface area (Å²) < 4.78 is 6.66. The third-order valence-corrected chi connectivity index (χ3v) is 3.16. The van der Waals surface area contributed by atoms with Gasteiger partial charge >= 0.3 is 5.97 Å². The molecule has 6 nitrogen and oxygen atoms in total. The van der Waals surface area contributed by atoms with Crippen LogP contribution >= 0.6 is 0 Å². The molecule has 0 aliphatic heterocycles. The first-order chi connectivity index (χ1) is 9.52. The van der Waals surface area contributed by atoms with E-state index >= 15 is 0 Å². The van der Waals surface area contributed by atoms with Crippen LogP contribution in [0.15, 0.2) is 24.5 Å². The van der Waals surface area contributed by atoms with Crippen molar-refractivity contribution < 1.29 is 9.53 Å². The lowest BCUT2D eigenvalue weighted by Crippen LogP contribution is -2.10. The molecule has 0 bridgehead atoms. The maximum atomic E-state index is 11.7. The van der Waals surface area contributed by atoms with Crippen LogP contribution in [-0.4, -0.2) is 22.6 Å². The molecule has 2 rings (SSSR count). The van der Waals surface area contributed by atoms with Gasteiger partial charge in [-0.05, 0) is 24.6 Å². The Balaban J connectivity index is 2.22.